The fraction of sp³-hybridized carbons (Fsp3) is 0.364. The Morgan fingerprint density at radius 2 is 2.27 bits per heavy atom. The van der Waals surface area contributed by atoms with Crippen molar-refractivity contribution < 1.29 is 4.74 Å². The highest BCUT2D eigenvalue weighted by atomic mass is 79.9. The largest absolute Gasteiger partial charge is 0.483 e. The molecule has 0 radical (unpaired) electrons. The summed E-state index contributed by atoms with van der Waals surface area (Å²) in [5.41, 5.74) is 6.69. The van der Waals surface area contributed by atoms with E-state index in [0.29, 0.717) is 4.99 Å². The first kappa shape index (κ1) is 12.5. The molecule has 0 aliphatic rings. The van der Waals surface area contributed by atoms with Crippen molar-refractivity contribution >= 4 is 33.1 Å². The van der Waals surface area contributed by atoms with Crippen molar-refractivity contribution in [2.75, 3.05) is 0 Å². The van der Waals surface area contributed by atoms with Crippen LogP contribution in [0.15, 0.2) is 22.7 Å². The van der Waals surface area contributed by atoms with Crippen LogP contribution in [0.2, 0.25) is 0 Å². The number of benzene rings is 1. The Bertz CT molecular complexity index is 368. The highest BCUT2D eigenvalue weighted by molar-refractivity contribution is 9.10. The summed E-state index contributed by atoms with van der Waals surface area (Å²) in [6, 6.07) is 5.82. The summed E-state index contributed by atoms with van der Waals surface area (Å²) in [6.45, 7) is 4.01. The third-order valence-corrected chi connectivity index (χ3v) is 3.25. The van der Waals surface area contributed by atoms with E-state index in [-0.39, 0.29) is 6.10 Å². The first-order chi connectivity index (χ1) is 7.04. The molecule has 0 saturated heterocycles. The molecule has 0 saturated carbocycles. The first-order valence-electron chi connectivity index (χ1n) is 4.76. The smallest absolute Gasteiger partial charge is 0.148 e. The van der Waals surface area contributed by atoms with Crippen molar-refractivity contribution in [3.63, 3.8) is 0 Å². The summed E-state index contributed by atoms with van der Waals surface area (Å²) in [7, 11) is 0. The molecule has 82 valence electrons. The Labute approximate surface area is 104 Å². The summed E-state index contributed by atoms with van der Waals surface area (Å²) in [6.07, 6.45) is 0.602. The molecule has 0 heterocycles. The Morgan fingerprint density at radius 3 is 2.73 bits per heavy atom. The van der Waals surface area contributed by atoms with Gasteiger partial charge in [-0.05, 0) is 37.1 Å². The van der Waals surface area contributed by atoms with E-state index < -0.39 is 0 Å². The van der Waals surface area contributed by atoms with Gasteiger partial charge in [0.15, 0.2) is 0 Å². The number of thiocarbonyl (C=S) groups is 1. The predicted molar refractivity (Wildman–Crippen MR) is 70.4 cm³/mol. The van der Waals surface area contributed by atoms with E-state index >= 15 is 0 Å². The molecule has 1 rings (SSSR count). The van der Waals surface area contributed by atoms with E-state index in [9.17, 15) is 0 Å². The lowest BCUT2D eigenvalue weighted by Crippen LogP contribution is -2.31. The van der Waals surface area contributed by atoms with Crippen LogP contribution < -0.4 is 10.5 Å². The van der Waals surface area contributed by atoms with Crippen molar-refractivity contribution in [1.29, 1.82) is 0 Å². The molecule has 15 heavy (non-hydrogen) atoms. The van der Waals surface area contributed by atoms with Crippen LogP contribution in [0, 0.1) is 6.92 Å². The zero-order valence-corrected chi connectivity index (χ0v) is 11.2. The van der Waals surface area contributed by atoms with E-state index in [4.69, 9.17) is 22.7 Å². The number of nitrogens with two attached hydrogens (primary N) is 1. The molecule has 1 aromatic rings. The van der Waals surface area contributed by atoms with Crippen molar-refractivity contribution in [2.45, 2.75) is 26.4 Å². The number of rotatable bonds is 4. The Balaban J connectivity index is 2.80. The normalized spacial score (nSPS) is 12.2. The van der Waals surface area contributed by atoms with Crippen LogP contribution in [0.3, 0.4) is 0 Å². The van der Waals surface area contributed by atoms with E-state index in [1.54, 1.807) is 0 Å². The molecular weight excluding hydrogens is 274 g/mol. The number of aryl methyl sites for hydroxylation is 1. The minimum Gasteiger partial charge on any atom is -0.483 e. The maximum absolute atomic E-state index is 5.67. The molecule has 1 atom stereocenters. The van der Waals surface area contributed by atoms with Gasteiger partial charge in [0.1, 0.15) is 16.8 Å². The average molecular weight is 288 g/mol. The van der Waals surface area contributed by atoms with Crippen LogP contribution in [0.5, 0.6) is 5.75 Å². The van der Waals surface area contributed by atoms with Gasteiger partial charge in [-0.1, -0.05) is 35.1 Å². The molecule has 1 unspecified atom stereocenters. The first-order valence-corrected chi connectivity index (χ1v) is 5.96. The van der Waals surface area contributed by atoms with Gasteiger partial charge in [0.25, 0.3) is 0 Å². The zero-order chi connectivity index (χ0) is 11.4. The maximum atomic E-state index is 5.67. The van der Waals surface area contributed by atoms with Crippen LogP contribution in [0.1, 0.15) is 18.9 Å². The van der Waals surface area contributed by atoms with Gasteiger partial charge in [-0.3, -0.25) is 0 Å². The summed E-state index contributed by atoms with van der Waals surface area (Å²) in [4.78, 5) is 0.401. The third kappa shape index (κ3) is 3.47. The highest BCUT2D eigenvalue weighted by Gasteiger charge is 2.11. The molecule has 0 aliphatic heterocycles. The van der Waals surface area contributed by atoms with Crippen molar-refractivity contribution in [2.24, 2.45) is 5.73 Å². The SMILES string of the molecule is CCC(Oc1ccc(Br)c(C)c1)C(N)=S. The van der Waals surface area contributed by atoms with Gasteiger partial charge < -0.3 is 10.5 Å². The van der Waals surface area contributed by atoms with Crippen LogP contribution in [-0.4, -0.2) is 11.1 Å². The molecule has 0 fully saturated rings. The third-order valence-electron chi connectivity index (χ3n) is 2.10. The number of ether oxygens (including phenoxy) is 1. The molecule has 0 spiro atoms. The van der Waals surface area contributed by atoms with Crippen LogP contribution in [0.4, 0.5) is 0 Å². The zero-order valence-electron chi connectivity index (χ0n) is 8.79. The highest BCUT2D eigenvalue weighted by Crippen LogP contribution is 2.22. The number of halogens is 1. The van der Waals surface area contributed by atoms with E-state index in [1.807, 2.05) is 32.0 Å². The second kappa shape index (κ2) is 5.47. The minimum absolute atomic E-state index is 0.180. The van der Waals surface area contributed by atoms with E-state index in [2.05, 4.69) is 15.9 Å². The lowest BCUT2D eigenvalue weighted by molar-refractivity contribution is 0.264. The number of hydrogen-bond acceptors (Lipinski definition) is 2. The lowest BCUT2D eigenvalue weighted by atomic mass is 10.2. The molecular formula is C11H14BrNOS. The summed E-state index contributed by atoms with van der Waals surface area (Å²) in [5, 5.41) is 0. The fourth-order valence-corrected chi connectivity index (χ4v) is 1.66. The second-order valence-electron chi connectivity index (χ2n) is 3.33. The second-order valence-corrected chi connectivity index (χ2v) is 4.65. The average Bonchev–Trinajstić information content (AvgIpc) is 2.19. The molecule has 0 amide bonds. The van der Waals surface area contributed by atoms with Crippen molar-refractivity contribution in [3.8, 4) is 5.75 Å². The molecule has 2 N–H and O–H groups in total. The Morgan fingerprint density at radius 1 is 1.60 bits per heavy atom. The summed E-state index contributed by atoms with van der Waals surface area (Å²) < 4.78 is 6.74. The van der Waals surface area contributed by atoms with Gasteiger partial charge in [-0.25, -0.2) is 0 Å². The van der Waals surface area contributed by atoms with Crippen LogP contribution >= 0.6 is 28.1 Å². The predicted octanol–water partition coefficient (Wildman–Crippen LogP) is 3.20. The molecule has 0 bridgehead atoms. The molecule has 4 heteroatoms. The van der Waals surface area contributed by atoms with E-state index in [0.717, 1.165) is 22.2 Å². The summed E-state index contributed by atoms with van der Waals surface area (Å²) in [5.74, 6) is 0.801. The van der Waals surface area contributed by atoms with Gasteiger partial charge >= 0.3 is 0 Å². The standard InChI is InChI=1S/C11H14BrNOS/c1-3-10(11(13)15)14-8-4-5-9(12)7(2)6-8/h4-6,10H,3H2,1-2H3,(H2,13,15). The quantitative estimate of drug-likeness (QED) is 0.864. The Hall–Kier alpha value is -0.610. The van der Waals surface area contributed by atoms with Gasteiger partial charge in [0.2, 0.25) is 0 Å². The fourth-order valence-electron chi connectivity index (χ4n) is 1.20. The monoisotopic (exact) mass is 287 g/mol. The molecule has 0 aromatic heterocycles. The van der Waals surface area contributed by atoms with Crippen LogP contribution in [0.25, 0.3) is 0 Å². The van der Waals surface area contributed by atoms with Crippen molar-refractivity contribution in [1.82, 2.24) is 0 Å². The molecule has 1 aromatic carbocycles. The van der Waals surface area contributed by atoms with Gasteiger partial charge in [0, 0.05) is 4.47 Å². The van der Waals surface area contributed by atoms with Gasteiger partial charge in [-0.2, -0.15) is 0 Å². The topological polar surface area (TPSA) is 35.2 Å². The minimum atomic E-state index is -0.180. The lowest BCUT2D eigenvalue weighted by Gasteiger charge is -2.16. The summed E-state index contributed by atoms with van der Waals surface area (Å²) >= 11 is 8.35. The van der Waals surface area contributed by atoms with E-state index in [1.165, 1.54) is 0 Å². The van der Waals surface area contributed by atoms with Crippen molar-refractivity contribution in [3.05, 3.63) is 28.2 Å². The van der Waals surface area contributed by atoms with Gasteiger partial charge in [-0.15, -0.1) is 0 Å². The maximum Gasteiger partial charge on any atom is 0.148 e. The van der Waals surface area contributed by atoms with Gasteiger partial charge in [0.05, 0.1) is 0 Å². The Kier molecular flexibility index (Phi) is 4.54. The number of hydrogen-bond donors (Lipinski definition) is 1. The molecule has 2 nitrogen and oxygen atoms in total. The van der Waals surface area contributed by atoms with Crippen LogP contribution in [-0.2, 0) is 0 Å². The molecule has 0 aliphatic carbocycles.